The van der Waals surface area contributed by atoms with Gasteiger partial charge in [0.25, 0.3) is 5.91 Å². The van der Waals surface area contributed by atoms with E-state index >= 15 is 0 Å². The number of hydrogen-bond donors (Lipinski definition) is 1. The second kappa shape index (κ2) is 8.47. The molecule has 21 heavy (non-hydrogen) atoms. The Morgan fingerprint density at radius 3 is 2.86 bits per heavy atom. The average molecular weight is 333 g/mol. The first kappa shape index (κ1) is 18.1. The smallest absolute Gasteiger partial charge is 0.263 e. The number of carbonyl (C=O) groups excluding carboxylic acids is 1. The molecule has 1 N–H and O–H groups in total. The van der Waals surface area contributed by atoms with E-state index in [1.165, 1.54) is 0 Å². The van der Waals surface area contributed by atoms with Gasteiger partial charge in [-0.25, -0.2) is 0 Å². The second-order valence-corrected chi connectivity index (χ2v) is 5.49. The van der Waals surface area contributed by atoms with E-state index in [2.05, 4.69) is 12.2 Å². The molecule has 0 bridgehead atoms. The third kappa shape index (κ3) is 4.77. The van der Waals surface area contributed by atoms with Gasteiger partial charge in [-0.3, -0.25) is 4.79 Å². The van der Waals surface area contributed by atoms with Crippen LogP contribution >= 0.6 is 24.0 Å². The van der Waals surface area contributed by atoms with Gasteiger partial charge in [-0.15, -0.1) is 12.4 Å². The maximum atomic E-state index is 12.5. The Hall–Kier alpha value is -0.970. The molecule has 2 unspecified atom stereocenters. The number of nitrogens with one attached hydrogen (secondary N) is 1. The maximum absolute atomic E-state index is 12.5. The fourth-order valence-corrected chi connectivity index (χ4v) is 2.52. The maximum Gasteiger partial charge on any atom is 0.263 e. The summed E-state index contributed by atoms with van der Waals surface area (Å²) in [4.78, 5) is 14.4. The molecule has 1 heterocycles. The van der Waals surface area contributed by atoms with Gasteiger partial charge < -0.3 is 15.0 Å². The molecule has 1 fully saturated rings. The van der Waals surface area contributed by atoms with Crippen molar-refractivity contribution in [2.45, 2.75) is 32.4 Å². The van der Waals surface area contributed by atoms with E-state index < -0.39 is 6.10 Å². The first-order valence-corrected chi connectivity index (χ1v) is 7.43. The molecule has 1 aliphatic rings. The molecule has 1 aromatic rings. The minimum atomic E-state index is -0.472. The largest absolute Gasteiger partial charge is 0.479 e. The molecule has 2 atom stereocenters. The van der Waals surface area contributed by atoms with E-state index in [9.17, 15) is 4.79 Å². The first-order valence-electron chi connectivity index (χ1n) is 7.05. The van der Waals surface area contributed by atoms with Crippen LogP contribution in [0.2, 0.25) is 5.02 Å². The van der Waals surface area contributed by atoms with Crippen molar-refractivity contribution in [1.82, 2.24) is 10.2 Å². The van der Waals surface area contributed by atoms with Crippen molar-refractivity contribution < 1.29 is 9.53 Å². The van der Waals surface area contributed by atoms with Gasteiger partial charge in [0, 0.05) is 25.7 Å². The molecular formula is C15H22Cl2N2O2. The van der Waals surface area contributed by atoms with E-state index in [-0.39, 0.29) is 18.3 Å². The highest BCUT2D eigenvalue weighted by Crippen LogP contribution is 2.25. The molecule has 1 amide bonds. The molecule has 1 aromatic carbocycles. The zero-order valence-corrected chi connectivity index (χ0v) is 13.9. The van der Waals surface area contributed by atoms with Crippen LogP contribution < -0.4 is 10.1 Å². The summed E-state index contributed by atoms with van der Waals surface area (Å²) in [7, 11) is 0. The Morgan fingerprint density at radius 2 is 2.24 bits per heavy atom. The fourth-order valence-electron chi connectivity index (χ4n) is 2.34. The standard InChI is InChI=1S/C15H21ClN2O2.ClH/c1-3-13(20-14-7-5-4-6-12(14)16)15(19)18-9-8-17-11(2)10-18;/h4-7,11,13,17H,3,8-10H2,1-2H3;1H. The molecule has 0 aliphatic carbocycles. The van der Waals surface area contributed by atoms with E-state index in [0.29, 0.717) is 23.2 Å². The Balaban J connectivity index is 0.00000220. The minimum absolute atomic E-state index is 0. The monoisotopic (exact) mass is 332 g/mol. The number of piperazine rings is 1. The lowest BCUT2D eigenvalue weighted by Gasteiger charge is -2.34. The van der Waals surface area contributed by atoms with Crippen molar-refractivity contribution in [3.05, 3.63) is 29.3 Å². The van der Waals surface area contributed by atoms with Gasteiger partial charge >= 0.3 is 0 Å². The molecule has 4 nitrogen and oxygen atoms in total. The predicted octanol–water partition coefficient (Wildman–Crippen LogP) is 2.74. The lowest BCUT2D eigenvalue weighted by molar-refractivity contribution is -0.140. The Kier molecular flexibility index (Phi) is 7.29. The highest BCUT2D eigenvalue weighted by atomic mass is 35.5. The highest BCUT2D eigenvalue weighted by Gasteiger charge is 2.28. The molecule has 0 spiro atoms. The molecule has 0 saturated carbocycles. The van der Waals surface area contributed by atoms with Crippen molar-refractivity contribution in [1.29, 1.82) is 0 Å². The van der Waals surface area contributed by atoms with E-state index in [0.717, 1.165) is 19.6 Å². The second-order valence-electron chi connectivity index (χ2n) is 5.08. The molecule has 0 radical (unpaired) electrons. The lowest BCUT2D eigenvalue weighted by Crippen LogP contribution is -2.54. The third-order valence-electron chi connectivity index (χ3n) is 3.43. The number of hydrogen-bond acceptors (Lipinski definition) is 3. The van der Waals surface area contributed by atoms with Gasteiger partial charge in [0.05, 0.1) is 5.02 Å². The molecule has 1 saturated heterocycles. The molecule has 2 rings (SSSR count). The number of carbonyl (C=O) groups is 1. The zero-order valence-electron chi connectivity index (χ0n) is 12.3. The van der Waals surface area contributed by atoms with Crippen LogP contribution in [0.1, 0.15) is 20.3 Å². The van der Waals surface area contributed by atoms with Crippen molar-refractivity contribution in [3.8, 4) is 5.75 Å². The summed E-state index contributed by atoms with van der Waals surface area (Å²) < 4.78 is 5.80. The molecule has 118 valence electrons. The SMILES string of the molecule is CCC(Oc1ccccc1Cl)C(=O)N1CCNC(C)C1.Cl. The molecule has 6 heteroatoms. The number of ether oxygens (including phenoxy) is 1. The minimum Gasteiger partial charge on any atom is -0.479 e. The Morgan fingerprint density at radius 1 is 1.52 bits per heavy atom. The third-order valence-corrected chi connectivity index (χ3v) is 3.74. The summed E-state index contributed by atoms with van der Waals surface area (Å²) in [5, 5.41) is 3.86. The van der Waals surface area contributed by atoms with Crippen LogP contribution in [0.25, 0.3) is 0 Å². The summed E-state index contributed by atoms with van der Waals surface area (Å²) >= 11 is 6.08. The number of amides is 1. The van der Waals surface area contributed by atoms with Crippen LogP contribution in [0.5, 0.6) is 5.75 Å². The zero-order chi connectivity index (χ0) is 14.5. The lowest BCUT2D eigenvalue weighted by atomic mass is 10.2. The molecular weight excluding hydrogens is 311 g/mol. The van der Waals surface area contributed by atoms with E-state index in [1.807, 2.05) is 24.0 Å². The van der Waals surface area contributed by atoms with Gasteiger partial charge in [-0.1, -0.05) is 30.7 Å². The van der Waals surface area contributed by atoms with E-state index in [4.69, 9.17) is 16.3 Å². The van der Waals surface area contributed by atoms with E-state index in [1.54, 1.807) is 12.1 Å². The van der Waals surface area contributed by atoms with Crippen molar-refractivity contribution in [3.63, 3.8) is 0 Å². The average Bonchev–Trinajstić information content (AvgIpc) is 2.46. The van der Waals surface area contributed by atoms with Crippen molar-refractivity contribution in [2.24, 2.45) is 0 Å². The van der Waals surface area contributed by atoms with Gasteiger partial charge in [-0.2, -0.15) is 0 Å². The predicted molar refractivity (Wildman–Crippen MR) is 87.5 cm³/mol. The summed E-state index contributed by atoms with van der Waals surface area (Å²) in [6, 6.07) is 7.58. The summed E-state index contributed by atoms with van der Waals surface area (Å²) in [6.45, 7) is 6.31. The summed E-state index contributed by atoms with van der Waals surface area (Å²) in [5.41, 5.74) is 0. The Bertz CT molecular complexity index is 471. The van der Waals surface area contributed by atoms with Gasteiger partial charge in [-0.05, 0) is 25.5 Å². The number of rotatable bonds is 4. The number of para-hydroxylation sites is 1. The normalized spacial score (nSPS) is 19.6. The van der Waals surface area contributed by atoms with Crippen molar-refractivity contribution >= 4 is 29.9 Å². The van der Waals surface area contributed by atoms with Crippen LogP contribution in [-0.2, 0) is 4.79 Å². The number of benzene rings is 1. The first-order chi connectivity index (χ1) is 9.61. The number of halogens is 2. The summed E-state index contributed by atoms with van der Waals surface area (Å²) in [5.74, 6) is 0.610. The topological polar surface area (TPSA) is 41.6 Å². The van der Waals surface area contributed by atoms with Crippen LogP contribution in [0, 0.1) is 0 Å². The highest BCUT2D eigenvalue weighted by molar-refractivity contribution is 6.32. The van der Waals surface area contributed by atoms with Gasteiger partial charge in [0.1, 0.15) is 5.75 Å². The summed E-state index contributed by atoms with van der Waals surface area (Å²) in [6.07, 6.45) is 0.155. The van der Waals surface area contributed by atoms with Crippen molar-refractivity contribution in [2.75, 3.05) is 19.6 Å². The van der Waals surface area contributed by atoms with Crippen LogP contribution in [0.4, 0.5) is 0 Å². The fraction of sp³-hybridized carbons (Fsp3) is 0.533. The molecule has 1 aliphatic heterocycles. The molecule has 0 aromatic heterocycles. The van der Waals surface area contributed by atoms with Crippen LogP contribution in [0.15, 0.2) is 24.3 Å². The van der Waals surface area contributed by atoms with Crippen LogP contribution in [0.3, 0.4) is 0 Å². The van der Waals surface area contributed by atoms with Gasteiger partial charge in [0.2, 0.25) is 0 Å². The van der Waals surface area contributed by atoms with Crippen LogP contribution in [-0.4, -0.2) is 42.6 Å². The van der Waals surface area contributed by atoms with Gasteiger partial charge in [0.15, 0.2) is 6.10 Å². The quantitative estimate of drug-likeness (QED) is 0.921. The number of nitrogens with zero attached hydrogens (tertiary/aromatic N) is 1. The Labute approximate surface area is 137 Å².